The van der Waals surface area contributed by atoms with Crippen molar-refractivity contribution < 1.29 is 9.47 Å². The first-order valence-corrected chi connectivity index (χ1v) is 8.21. The van der Waals surface area contributed by atoms with Crippen molar-refractivity contribution in [3.8, 4) is 5.75 Å². The first-order chi connectivity index (χ1) is 10.3. The fraction of sp³-hybridized carbons (Fsp3) is 0.667. The van der Waals surface area contributed by atoms with Crippen molar-refractivity contribution in [1.29, 1.82) is 0 Å². The molecule has 1 aliphatic rings. The molecule has 1 saturated carbocycles. The Morgan fingerprint density at radius 3 is 2.48 bits per heavy atom. The van der Waals surface area contributed by atoms with Crippen molar-refractivity contribution >= 4 is 0 Å². The van der Waals surface area contributed by atoms with E-state index in [2.05, 4.69) is 36.6 Å². The number of benzene rings is 1. The first-order valence-electron chi connectivity index (χ1n) is 8.21. The van der Waals surface area contributed by atoms with Crippen molar-refractivity contribution in [1.82, 2.24) is 5.32 Å². The maximum atomic E-state index is 5.98. The number of ether oxygens (including phenoxy) is 2. The summed E-state index contributed by atoms with van der Waals surface area (Å²) in [5, 5.41) is 3.44. The molecule has 1 aromatic carbocycles. The van der Waals surface area contributed by atoms with Crippen molar-refractivity contribution in [2.75, 3.05) is 27.4 Å². The Labute approximate surface area is 129 Å². The van der Waals surface area contributed by atoms with Crippen LogP contribution in [0.1, 0.15) is 37.7 Å². The summed E-state index contributed by atoms with van der Waals surface area (Å²) >= 11 is 0. The Bertz CT molecular complexity index is 385. The molecule has 0 bridgehead atoms. The molecule has 0 amide bonds. The monoisotopic (exact) mass is 291 g/mol. The predicted molar refractivity (Wildman–Crippen MR) is 86.9 cm³/mol. The molecule has 118 valence electrons. The molecule has 1 aromatic rings. The number of likely N-dealkylation sites (N-methyl/N-ethyl adjacent to an activating group) is 1. The number of nitrogens with one attached hydrogen (secondary N) is 1. The first kappa shape index (κ1) is 16.3. The Balaban J connectivity index is 1.80. The molecule has 2 rings (SSSR count). The number of rotatable bonds is 8. The second-order valence-corrected chi connectivity index (χ2v) is 5.99. The van der Waals surface area contributed by atoms with Gasteiger partial charge in [-0.1, -0.05) is 31.4 Å². The smallest absolute Gasteiger partial charge is 0.119 e. The Kier molecular flexibility index (Phi) is 7.04. The van der Waals surface area contributed by atoms with Crippen molar-refractivity contribution in [3.05, 3.63) is 29.8 Å². The van der Waals surface area contributed by atoms with Gasteiger partial charge in [0.25, 0.3) is 0 Å². The zero-order valence-corrected chi connectivity index (χ0v) is 13.4. The third kappa shape index (κ3) is 5.33. The van der Waals surface area contributed by atoms with Gasteiger partial charge in [0, 0.05) is 13.2 Å². The molecule has 1 aliphatic carbocycles. The van der Waals surface area contributed by atoms with E-state index in [4.69, 9.17) is 9.47 Å². The summed E-state index contributed by atoms with van der Waals surface area (Å²) in [7, 11) is 3.79. The van der Waals surface area contributed by atoms with Crippen LogP contribution in [0.25, 0.3) is 0 Å². The van der Waals surface area contributed by atoms with E-state index in [-0.39, 0.29) is 0 Å². The van der Waals surface area contributed by atoms with Gasteiger partial charge in [-0.15, -0.1) is 0 Å². The minimum absolute atomic E-state index is 0.471. The van der Waals surface area contributed by atoms with Crippen molar-refractivity contribution in [2.45, 2.75) is 44.6 Å². The molecule has 21 heavy (non-hydrogen) atoms. The summed E-state index contributed by atoms with van der Waals surface area (Å²) in [6, 6.07) is 8.86. The van der Waals surface area contributed by atoms with Gasteiger partial charge in [0.2, 0.25) is 0 Å². The maximum Gasteiger partial charge on any atom is 0.119 e. The van der Waals surface area contributed by atoms with Gasteiger partial charge in [-0.3, -0.25) is 0 Å². The van der Waals surface area contributed by atoms with Crippen LogP contribution in [0.3, 0.4) is 0 Å². The summed E-state index contributed by atoms with van der Waals surface area (Å²) in [5.41, 5.74) is 1.29. The molecule has 1 unspecified atom stereocenters. The van der Waals surface area contributed by atoms with Crippen LogP contribution >= 0.6 is 0 Å². The molecule has 0 radical (unpaired) electrons. The highest BCUT2D eigenvalue weighted by Crippen LogP contribution is 2.26. The second kappa shape index (κ2) is 9.06. The lowest BCUT2D eigenvalue weighted by atomic mass is 9.84. The quantitative estimate of drug-likeness (QED) is 0.796. The lowest BCUT2D eigenvalue weighted by Gasteiger charge is -2.29. The van der Waals surface area contributed by atoms with Crippen LogP contribution in [-0.2, 0) is 11.2 Å². The minimum atomic E-state index is 0.471. The van der Waals surface area contributed by atoms with E-state index < -0.39 is 0 Å². The maximum absolute atomic E-state index is 5.98. The van der Waals surface area contributed by atoms with Gasteiger partial charge in [0.05, 0.1) is 6.61 Å². The highest BCUT2D eigenvalue weighted by atomic mass is 16.5. The van der Waals surface area contributed by atoms with Gasteiger partial charge >= 0.3 is 0 Å². The SMILES string of the molecule is CNC(COc1ccc(CCOC)cc1)C1CCCCC1. The lowest BCUT2D eigenvalue weighted by Crippen LogP contribution is -2.39. The molecule has 3 nitrogen and oxygen atoms in total. The molecule has 0 saturated heterocycles. The van der Waals surface area contributed by atoms with Gasteiger partial charge in [-0.05, 0) is 49.9 Å². The third-order valence-electron chi connectivity index (χ3n) is 4.54. The van der Waals surface area contributed by atoms with Crippen LogP contribution in [0.2, 0.25) is 0 Å². The molecule has 0 aromatic heterocycles. The van der Waals surface area contributed by atoms with E-state index in [0.29, 0.717) is 6.04 Å². The Morgan fingerprint density at radius 2 is 1.86 bits per heavy atom. The van der Waals surface area contributed by atoms with Gasteiger partial charge in [-0.2, -0.15) is 0 Å². The van der Waals surface area contributed by atoms with E-state index in [1.807, 2.05) is 0 Å². The van der Waals surface area contributed by atoms with Gasteiger partial charge in [0.1, 0.15) is 12.4 Å². The normalized spacial score (nSPS) is 17.6. The number of methoxy groups -OCH3 is 1. The largest absolute Gasteiger partial charge is 0.492 e. The summed E-state index contributed by atoms with van der Waals surface area (Å²) < 4.78 is 11.1. The second-order valence-electron chi connectivity index (χ2n) is 5.99. The standard InChI is InChI=1S/C18H29NO2/c1-19-18(16-6-4-3-5-7-16)14-21-17-10-8-15(9-11-17)12-13-20-2/h8-11,16,18-19H,3-7,12-14H2,1-2H3. The van der Waals surface area contributed by atoms with Gasteiger partial charge < -0.3 is 14.8 Å². The molecule has 0 heterocycles. The van der Waals surface area contributed by atoms with E-state index >= 15 is 0 Å². The van der Waals surface area contributed by atoms with Gasteiger partial charge in [0.15, 0.2) is 0 Å². The molecule has 0 aliphatic heterocycles. The summed E-state index contributed by atoms with van der Waals surface area (Å²) in [4.78, 5) is 0. The lowest BCUT2D eigenvalue weighted by molar-refractivity contribution is 0.192. The van der Waals surface area contributed by atoms with E-state index in [1.165, 1.54) is 37.7 Å². The van der Waals surface area contributed by atoms with Crippen LogP contribution in [0.5, 0.6) is 5.75 Å². The topological polar surface area (TPSA) is 30.5 Å². The average Bonchev–Trinajstić information content (AvgIpc) is 2.55. The number of hydrogen-bond acceptors (Lipinski definition) is 3. The number of hydrogen-bond donors (Lipinski definition) is 1. The summed E-state index contributed by atoms with van der Waals surface area (Å²) in [6.45, 7) is 1.53. The van der Waals surface area contributed by atoms with Crippen molar-refractivity contribution in [3.63, 3.8) is 0 Å². The van der Waals surface area contributed by atoms with Crippen molar-refractivity contribution in [2.24, 2.45) is 5.92 Å². The summed E-state index contributed by atoms with van der Waals surface area (Å²) in [5.74, 6) is 1.73. The molecule has 0 spiro atoms. The molecular formula is C18H29NO2. The highest BCUT2D eigenvalue weighted by Gasteiger charge is 2.22. The summed E-state index contributed by atoms with van der Waals surface area (Å²) in [6.07, 6.45) is 7.78. The van der Waals surface area contributed by atoms with Crippen LogP contribution in [0.15, 0.2) is 24.3 Å². The Morgan fingerprint density at radius 1 is 1.14 bits per heavy atom. The minimum Gasteiger partial charge on any atom is -0.492 e. The Hall–Kier alpha value is -1.06. The predicted octanol–water partition coefficient (Wildman–Crippen LogP) is 3.42. The van der Waals surface area contributed by atoms with Gasteiger partial charge in [-0.25, -0.2) is 0 Å². The molecule has 1 fully saturated rings. The highest BCUT2D eigenvalue weighted by molar-refractivity contribution is 5.27. The van der Waals surface area contributed by atoms with Crippen LogP contribution < -0.4 is 10.1 Å². The van der Waals surface area contributed by atoms with Crippen LogP contribution in [0, 0.1) is 5.92 Å². The third-order valence-corrected chi connectivity index (χ3v) is 4.54. The molecule has 1 atom stereocenters. The van der Waals surface area contributed by atoms with E-state index in [0.717, 1.165) is 31.3 Å². The zero-order valence-electron chi connectivity index (χ0n) is 13.4. The fourth-order valence-electron chi connectivity index (χ4n) is 3.15. The average molecular weight is 291 g/mol. The van der Waals surface area contributed by atoms with Crippen LogP contribution in [-0.4, -0.2) is 33.4 Å². The van der Waals surface area contributed by atoms with E-state index in [9.17, 15) is 0 Å². The molecule has 1 N–H and O–H groups in total. The molecule has 3 heteroatoms. The van der Waals surface area contributed by atoms with Crippen LogP contribution in [0.4, 0.5) is 0 Å². The molecular weight excluding hydrogens is 262 g/mol. The fourth-order valence-corrected chi connectivity index (χ4v) is 3.15. The zero-order chi connectivity index (χ0) is 14.9. The van der Waals surface area contributed by atoms with E-state index in [1.54, 1.807) is 7.11 Å².